The van der Waals surface area contributed by atoms with E-state index in [9.17, 15) is 4.39 Å². The van der Waals surface area contributed by atoms with E-state index in [1.165, 1.54) is 12.1 Å². The van der Waals surface area contributed by atoms with Crippen molar-refractivity contribution in [2.24, 2.45) is 11.7 Å². The van der Waals surface area contributed by atoms with Gasteiger partial charge in [0.15, 0.2) is 0 Å². The molecule has 2 N–H and O–H groups in total. The minimum atomic E-state index is -0.314. The third kappa shape index (κ3) is 4.38. The largest absolute Gasteiger partial charge is 0.492 e. The molecule has 0 atom stereocenters. The smallest absolute Gasteiger partial charge is 0.135 e. The molecule has 98 valence electrons. The van der Waals surface area contributed by atoms with Crippen LogP contribution in [0.25, 0.3) is 0 Å². The van der Waals surface area contributed by atoms with Gasteiger partial charge in [-0.2, -0.15) is 0 Å². The van der Waals surface area contributed by atoms with E-state index in [1.807, 2.05) is 0 Å². The van der Waals surface area contributed by atoms with Gasteiger partial charge in [-0.3, -0.25) is 0 Å². The predicted molar refractivity (Wildman–Crippen MR) is 71.9 cm³/mol. The number of hydrogen-bond acceptors (Lipinski definition) is 2. The normalized spacial score (nSPS) is 10.1. The van der Waals surface area contributed by atoms with E-state index in [4.69, 9.17) is 10.5 Å². The second-order valence-corrected chi connectivity index (χ2v) is 4.14. The molecular weight excluding hydrogens is 229 g/mol. The van der Waals surface area contributed by atoms with Crippen LogP contribution in [0.1, 0.15) is 32.3 Å². The van der Waals surface area contributed by atoms with Gasteiger partial charge >= 0.3 is 0 Å². The highest BCUT2D eigenvalue weighted by Crippen LogP contribution is 2.20. The van der Waals surface area contributed by atoms with Crippen LogP contribution in [-0.4, -0.2) is 13.2 Å². The van der Waals surface area contributed by atoms with Gasteiger partial charge in [-0.15, -0.1) is 0 Å². The minimum absolute atomic E-state index is 0.252. The zero-order valence-corrected chi connectivity index (χ0v) is 11.0. The third-order valence-corrected chi connectivity index (χ3v) is 2.90. The maximum absolute atomic E-state index is 13.2. The lowest BCUT2D eigenvalue weighted by molar-refractivity contribution is 0.240. The summed E-state index contributed by atoms with van der Waals surface area (Å²) in [6.07, 6.45) is 2.14. The summed E-state index contributed by atoms with van der Waals surface area (Å²) in [4.78, 5) is 0. The van der Waals surface area contributed by atoms with Gasteiger partial charge in [-0.1, -0.05) is 38.5 Å². The fraction of sp³-hybridized carbons (Fsp3) is 0.467. The summed E-state index contributed by atoms with van der Waals surface area (Å²) in [6, 6.07) is 4.39. The topological polar surface area (TPSA) is 35.2 Å². The number of hydrogen-bond donors (Lipinski definition) is 1. The highest BCUT2D eigenvalue weighted by molar-refractivity contribution is 5.46. The Morgan fingerprint density at radius 2 is 2.06 bits per heavy atom. The summed E-state index contributed by atoms with van der Waals surface area (Å²) in [5, 5.41) is 0. The Labute approximate surface area is 108 Å². The van der Waals surface area contributed by atoms with E-state index in [2.05, 4.69) is 25.7 Å². The Morgan fingerprint density at radius 1 is 1.33 bits per heavy atom. The van der Waals surface area contributed by atoms with Crippen molar-refractivity contribution in [3.8, 4) is 17.6 Å². The lowest BCUT2D eigenvalue weighted by Gasteiger charge is -2.14. The van der Waals surface area contributed by atoms with Gasteiger partial charge in [0.1, 0.15) is 11.6 Å². The second-order valence-electron chi connectivity index (χ2n) is 4.14. The van der Waals surface area contributed by atoms with Crippen LogP contribution in [0, 0.1) is 23.6 Å². The van der Waals surface area contributed by atoms with E-state index in [0.717, 1.165) is 12.8 Å². The van der Waals surface area contributed by atoms with Crippen molar-refractivity contribution < 1.29 is 9.13 Å². The first kappa shape index (κ1) is 14.5. The monoisotopic (exact) mass is 249 g/mol. The molecule has 18 heavy (non-hydrogen) atoms. The highest BCUT2D eigenvalue weighted by Gasteiger charge is 2.07. The van der Waals surface area contributed by atoms with Crippen molar-refractivity contribution in [1.29, 1.82) is 0 Å². The summed E-state index contributed by atoms with van der Waals surface area (Å²) < 4.78 is 18.9. The molecule has 0 amide bonds. The first-order valence-electron chi connectivity index (χ1n) is 6.32. The molecule has 0 heterocycles. The molecule has 1 aromatic carbocycles. The average molecular weight is 249 g/mol. The van der Waals surface area contributed by atoms with Crippen LogP contribution in [0.2, 0.25) is 0 Å². The lowest BCUT2D eigenvalue weighted by Crippen LogP contribution is -2.10. The molecular formula is C15H20FNO. The van der Waals surface area contributed by atoms with Gasteiger partial charge in [0.25, 0.3) is 0 Å². The number of rotatable bonds is 5. The molecule has 3 heteroatoms. The molecule has 1 aromatic rings. The van der Waals surface area contributed by atoms with Crippen molar-refractivity contribution in [1.82, 2.24) is 0 Å². The Kier molecular flexibility index (Phi) is 6.24. The molecule has 1 rings (SSSR count). The molecule has 0 aliphatic carbocycles. The summed E-state index contributed by atoms with van der Waals surface area (Å²) >= 11 is 0. The highest BCUT2D eigenvalue weighted by atomic mass is 19.1. The van der Waals surface area contributed by atoms with E-state index in [0.29, 0.717) is 23.8 Å². The Morgan fingerprint density at radius 3 is 2.67 bits per heavy atom. The quantitative estimate of drug-likeness (QED) is 0.814. The number of halogens is 1. The van der Waals surface area contributed by atoms with Gasteiger partial charge in [0.2, 0.25) is 0 Å². The standard InChI is InChI=1S/C15H20FNO/c1-3-12(4-2)11-18-15-8-7-14(16)10-13(15)6-5-9-17/h7-8,10,12H,3-4,9,11,17H2,1-2H3. The summed E-state index contributed by atoms with van der Waals surface area (Å²) in [5.74, 6) is 6.39. The fourth-order valence-electron chi connectivity index (χ4n) is 1.60. The van der Waals surface area contributed by atoms with Crippen molar-refractivity contribution >= 4 is 0 Å². The molecule has 0 spiro atoms. The first-order chi connectivity index (χ1) is 8.71. The fourth-order valence-corrected chi connectivity index (χ4v) is 1.60. The molecule has 0 saturated carbocycles. The van der Waals surface area contributed by atoms with Crippen molar-refractivity contribution in [2.75, 3.05) is 13.2 Å². The molecule has 0 aliphatic heterocycles. The van der Waals surface area contributed by atoms with Crippen LogP contribution < -0.4 is 10.5 Å². The van der Waals surface area contributed by atoms with Crippen molar-refractivity contribution in [2.45, 2.75) is 26.7 Å². The molecule has 0 unspecified atom stereocenters. The van der Waals surface area contributed by atoms with Crippen LogP contribution in [0.5, 0.6) is 5.75 Å². The van der Waals surface area contributed by atoms with E-state index in [-0.39, 0.29) is 12.4 Å². The number of nitrogens with two attached hydrogens (primary N) is 1. The van der Waals surface area contributed by atoms with Crippen LogP contribution in [0.15, 0.2) is 18.2 Å². The van der Waals surface area contributed by atoms with Crippen molar-refractivity contribution in [3.05, 3.63) is 29.6 Å². The molecule has 0 radical (unpaired) electrons. The molecule has 0 aliphatic rings. The van der Waals surface area contributed by atoms with Gasteiger partial charge in [-0.05, 0) is 24.1 Å². The maximum Gasteiger partial charge on any atom is 0.135 e. The van der Waals surface area contributed by atoms with Crippen LogP contribution in [0.3, 0.4) is 0 Å². The van der Waals surface area contributed by atoms with Gasteiger partial charge in [0.05, 0.1) is 18.7 Å². The maximum atomic E-state index is 13.2. The Bertz CT molecular complexity index is 430. The SMILES string of the molecule is CCC(CC)COc1ccc(F)cc1C#CCN. The summed E-state index contributed by atoms with van der Waals surface area (Å²) in [5.41, 5.74) is 5.88. The third-order valence-electron chi connectivity index (χ3n) is 2.90. The average Bonchev–Trinajstić information content (AvgIpc) is 2.39. The summed E-state index contributed by atoms with van der Waals surface area (Å²) in [7, 11) is 0. The molecule has 0 bridgehead atoms. The van der Waals surface area contributed by atoms with Gasteiger partial charge in [0, 0.05) is 0 Å². The van der Waals surface area contributed by atoms with E-state index in [1.54, 1.807) is 6.07 Å². The van der Waals surface area contributed by atoms with Gasteiger partial charge < -0.3 is 10.5 Å². The zero-order chi connectivity index (χ0) is 13.4. The minimum Gasteiger partial charge on any atom is -0.492 e. The first-order valence-corrected chi connectivity index (χ1v) is 6.32. The zero-order valence-electron chi connectivity index (χ0n) is 11.0. The number of benzene rings is 1. The second kappa shape index (κ2) is 7.73. The van der Waals surface area contributed by atoms with Crippen molar-refractivity contribution in [3.63, 3.8) is 0 Å². The molecule has 2 nitrogen and oxygen atoms in total. The molecule has 0 aromatic heterocycles. The summed E-state index contributed by atoms with van der Waals surface area (Å²) in [6.45, 7) is 5.16. The Hall–Kier alpha value is -1.53. The van der Waals surface area contributed by atoms with Crippen LogP contribution in [0.4, 0.5) is 4.39 Å². The lowest BCUT2D eigenvalue weighted by atomic mass is 10.1. The Balaban J connectivity index is 2.81. The van der Waals surface area contributed by atoms with E-state index < -0.39 is 0 Å². The predicted octanol–water partition coefficient (Wildman–Crippen LogP) is 2.95. The van der Waals surface area contributed by atoms with Crippen LogP contribution >= 0.6 is 0 Å². The molecule has 0 fully saturated rings. The van der Waals surface area contributed by atoms with Crippen LogP contribution in [-0.2, 0) is 0 Å². The molecule has 0 saturated heterocycles. The number of ether oxygens (including phenoxy) is 1. The van der Waals surface area contributed by atoms with E-state index >= 15 is 0 Å². The van der Waals surface area contributed by atoms with Gasteiger partial charge in [-0.25, -0.2) is 4.39 Å².